The Hall–Kier alpha value is 0.430. The maximum atomic E-state index is 6.15. The lowest BCUT2D eigenvalue weighted by Crippen LogP contribution is -2.07. The summed E-state index contributed by atoms with van der Waals surface area (Å²) < 4.78 is 6.93. The Bertz CT molecular complexity index is 356. The van der Waals surface area contributed by atoms with Crippen molar-refractivity contribution in [2.45, 2.75) is 25.0 Å². The van der Waals surface area contributed by atoms with Crippen LogP contribution < -0.4 is 0 Å². The number of benzene rings is 1. The minimum absolute atomic E-state index is 0.151. The van der Waals surface area contributed by atoms with E-state index in [1.807, 2.05) is 18.2 Å². The second-order valence-electron chi connectivity index (χ2n) is 3.64. The predicted octanol–water partition coefficient (Wildman–Crippen LogP) is 4.72. The van der Waals surface area contributed by atoms with Crippen LogP contribution in [0.3, 0.4) is 0 Å². The van der Waals surface area contributed by atoms with Crippen molar-refractivity contribution < 1.29 is 4.74 Å². The molecular formula is C11H11Br2ClO. The van der Waals surface area contributed by atoms with Crippen LogP contribution in [0, 0.1) is 0 Å². The zero-order chi connectivity index (χ0) is 10.8. The van der Waals surface area contributed by atoms with Gasteiger partial charge in [0.25, 0.3) is 0 Å². The summed E-state index contributed by atoms with van der Waals surface area (Å²) in [6.07, 6.45) is 2.62. The van der Waals surface area contributed by atoms with Crippen molar-refractivity contribution >= 4 is 43.5 Å². The Labute approximate surface area is 111 Å². The summed E-state index contributed by atoms with van der Waals surface area (Å²) >= 11 is 13.0. The molecule has 0 N–H and O–H groups in total. The van der Waals surface area contributed by atoms with Crippen molar-refractivity contribution in [2.75, 3.05) is 5.33 Å². The van der Waals surface area contributed by atoms with E-state index in [0.29, 0.717) is 6.10 Å². The quantitative estimate of drug-likeness (QED) is 0.699. The molecule has 0 saturated carbocycles. The molecule has 1 saturated heterocycles. The first kappa shape index (κ1) is 11.9. The van der Waals surface area contributed by atoms with Crippen LogP contribution in [-0.4, -0.2) is 11.4 Å². The molecular weight excluding hydrogens is 343 g/mol. The number of hydrogen-bond donors (Lipinski definition) is 0. The van der Waals surface area contributed by atoms with Gasteiger partial charge in [0.1, 0.15) is 0 Å². The molecule has 2 rings (SSSR count). The van der Waals surface area contributed by atoms with Crippen LogP contribution in [-0.2, 0) is 4.74 Å². The summed E-state index contributed by atoms with van der Waals surface area (Å²) in [5.41, 5.74) is 1.09. The van der Waals surface area contributed by atoms with E-state index < -0.39 is 0 Å². The summed E-state index contributed by atoms with van der Waals surface area (Å²) in [6, 6.07) is 5.90. The monoisotopic (exact) mass is 352 g/mol. The summed E-state index contributed by atoms with van der Waals surface area (Å²) in [7, 11) is 0. The number of alkyl halides is 1. The Kier molecular flexibility index (Phi) is 4.10. The van der Waals surface area contributed by atoms with Gasteiger partial charge in [-0.1, -0.05) is 43.5 Å². The smallest absolute Gasteiger partial charge is 0.0844 e. The van der Waals surface area contributed by atoms with Crippen LogP contribution in [0.15, 0.2) is 22.7 Å². The normalized spacial score (nSPS) is 25.8. The maximum absolute atomic E-state index is 6.15. The fourth-order valence-electron chi connectivity index (χ4n) is 1.81. The number of ether oxygens (including phenoxy) is 1. The van der Waals surface area contributed by atoms with Crippen molar-refractivity contribution in [1.29, 1.82) is 0 Å². The Morgan fingerprint density at radius 1 is 1.40 bits per heavy atom. The molecule has 1 aromatic rings. The highest BCUT2D eigenvalue weighted by Gasteiger charge is 2.27. The minimum Gasteiger partial charge on any atom is -0.369 e. The van der Waals surface area contributed by atoms with Gasteiger partial charge < -0.3 is 4.74 Å². The summed E-state index contributed by atoms with van der Waals surface area (Å²) in [4.78, 5) is 0. The van der Waals surface area contributed by atoms with E-state index in [-0.39, 0.29) is 6.10 Å². The molecule has 0 bridgehead atoms. The lowest BCUT2D eigenvalue weighted by molar-refractivity contribution is 0.0589. The van der Waals surface area contributed by atoms with Gasteiger partial charge in [0, 0.05) is 20.4 Å². The molecule has 1 aliphatic rings. The fourth-order valence-corrected chi connectivity index (χ4v) is 2.90. The molecule has 0 spiro atoms. The molecule has 2 unspecified atom stereocenters. The van der Waals surface area contributed by atoms with Crippen LogP contribution in [0.1, 0.15) is 24.5 Å². The summed E-state index contributed by atoms with van der Waals surface area (Å²) in [6.45, 7) is 0. The molecule has 1 heterocycles. The van der Waals surface area contributed by atoms with E-state index in [0.717, 1.165) is 33.2 Å². The SMILES string of the molecule is Clc1ccc(Br)cc1C1CCC(CBr)O1. The van der Waals surface area contributed by atoms with Gasteiger partial charge in [-0.3, -0.25) is 0 Å². The molecule has 0 aliphatic carbocycles. The van der Waals surface area contributed by atoms with E-state index in [2.05, 4.69) is 31.9 Å². The van der Waals surface area contributed by atoms with Crippen molar-refractivity contribution in [3.05, 3.63) is 33.3 Å². The van der Waals surface area contributed by atoms with Crippen molar-refractivity contribution in [2.24, 2.45) is 0 Å². The topological polar surface area (TPSA) is 9.23 Å². The zero-order valence-electron chi connectivity index (χ0n) is 8.05. The third-order valence-electron chi connectivity index (χ3n) is 2.58. The van der Waals surface area contributed by atoms with Crippen molar-refractivity contribution in [3.8, 4) is 0 Å². The second-order valence-corrected chi connectivity index (χ2v) is 5.61. The third-order valence-corrected chi connectivity index (χ3v) is 4.14. The molecule has 1 aromatic carbocycles. The summed E-state index contributed by atoms with van der Waals surface area (Å²) in [5.74, 6) is 0. The molecule has 0 radical (unpaired) electrons. The van der Waals surface area contributed by atoms with E-state index in [1.165, 1.54) is 0 Å². The van der Waals surface area contributed by atoms with Gasteiger partial charge in [-0.25, -0.2) is 0 Å². The van der Waals surface area contributed by atoms with Gasteiger partial charge in [-0.2, -0.15) is 0 Å². The Morgan fingerprint density at radius 2 is 2.20 bits per heavy atom. The highest BCUT2D eigenvalue weighted by Crippen LogP contribution is 2.37. The summed E-state index contributed by atoms with van der Waals surface area (Å²) in [5, 5.41) is 1.69. The van der Waals surface area contributed by atoms with Crippen LogP contribution >= 0.6 is 43.5 Å². The first-order valence-corrected chi connectivity index (χ1v) is 7.16. The maximum Gasteiger partial charge on any atom is 0.0844 e. The van der Waals surface area contributed by atoms with Gasteiger partial charge in [-0.05, 0) is 31.0 Å². The van der Waals surface area contributed by atoms with Crippen molar-refractivity contribution in [1.82, 2.24) is 0 Å². The molecule has 1 nitrogen and oxygen atoms in total. The van der Waals surface area contributed by atoms with E-state index >= 15 is 0 Å². The van der Waals surface area contributed by atoms with E-state index in [1.54, 1.807) is 0 Å². The van der Waals surface area contributed by atoms with E-state index in [4.69, 9.17) is 16.3 Å². The fraction of sp³-hybridized carbons (Fsp3) is 0.455. The molecule has 2 atom stereocenters. The first-order valence-electron chi connectivity index (χ1n) is 4.87. The molecule has 4 heteroatoms. The van der Waals surface area contributed by atoms with Gasteiger partial charge in [0.15, 0.2) is 0 Å². The van der Waals surface area contributed by atoms with Crippen molar-refractivity contribution in [3.63, 3.8) is 0 Å². The minimum atomic E-state index is 0.151. The van der Waals surface area contributed by atoms with Gasteiger partial charge in [0.2, 0.25) is 0 Å². The first-order chi connectivity index (χ1) is 7.20. The predicted molar refractivity (Wildman–Crippen MR) is 69.8 cm³/mol. The molecule has 1 aliphatic heterocycles. The van der Waals surface area contributed by atoms with E-state index in [9.17, 15) is 0 Å². The Morgan fingerprint density at radius 3 is 2.87 bits per heavy atom. The molecule has 82 valence electrons. The second kappa shape index (κ2) is 5.17. The highest BCUT2D eigenvalue weighted by atomic mass is 79.9. The largest absolute Gasteiger partial charge is 0.369 e. The zero-order valence-corrected chi connectivity index (χ0v) is 12.0. The van der Waals surface area contributed by atoms with Gasteiger partial charge >= 0.3 is 0 Å². The van der Waals surface area contributed by atoms with Gasteiger partial charge in [-0.15, -0.1) is 0 Å². The Balaban J connectivity index is 2.19. The highest BCUT2D eigenvalue weighted by molar-refractivity contribution is 9.10. The number of halogens is 3. The van der Waals surface area contributed by atoms with Crippen LogP contribution in [0.2, 0.25) is 5.02 Å². The third kappa shape index (κ3) is 2.76. The number of hydrogen-bond acceptors (Lipinski definition) is 1. The lowest BCUT2D eigenvalue weighted by Gasteiger charge is -2.14. The number of rotatable bonds is 2. The average Bonchev–Trinajstić information content (AvgIpc) is 2.70. The van der Waals surface area contributed by atoms with Crippen LogP contribution in [0.25, 0.3) is 0 Å². The average molecular weight is 354 g/mol. The molecule has 1 fully saturated rings. The van der Waals surface area contributed by atoms with Crippen LogP contribution in [0.5, 0.6) is 0 Å². The molecule has 0 aromatic heterocycles. The van der Waals surface area contributed by atoms with Gasteiger partial charge in [0.05, 0.1) is 12.2 Å². The standard InChI is InChI=1S/C11H11Br2ClO/c12-6-8-2-4-11(15-8)9-5-7(13)1-3-10(9)14/h1,3,5,8,11H,2,4,6H2. The molecule has 15 heavy (non-hydrogen) atoms. The molecule has 0 amide bonds. The van der Waals surface area contributed by atoms with Crippen LogP contribution in [0.4, 0.5) is 0 Å². The lowest BCUT2D eigenvalue weighted by atomic mass is 10.1.